The van der Waals surface area contributed by atoms with Crippen molar-refractivity contribution in [1.29, 1.82) is 0 Å². The van der Waals surface area contributed by atoms with Crippen molar-refractivity contribution >= 4 is 17.5 Å². The molecule has 0 unspecified atom stereocenters. The maximum atomic E-state index is 14.0. The number of benzene rings is 2. The van der Waals surface area contributed by atoms with Crippen LogP contribution in [0.2, 0.25) is 0 Å². The Kier molecular flexibility index (Phi) is 4.64. The van der Waals surface area contributed by atoms with Gasteiger partial charge in [-0.2, -0.15) is 0 Å². The van der Waals surface area contributed by atoms with Crippen LogP contribution in [0.3, 0.4) is 0 Å². The molecule has 0 atom stereocenters. The van der Waals surface area contributed by atoms with Crippen LogP contribution in [-0.4, -0.2) is 29.3 Å². The summed E-state index contributed by atoms with van der Waals surface area (Å²) in [5.41, 5.74) is 1.48. The highest BCUT2D eigenvalue weighted by Gasteiger charge is 2.34. The average molecular weight is 370 g/mol. The number of nitrogens with zero attached hydrogens (tertiary/aromatic N) is 2. The number of carbonyl (C=O) groups excluding carboxylic acids is 2. The number of carbonyl (C=O) groups is 2. The van der Waals surface area contributed by atoms with Crippen LogP contribution in [0.4, 0.5) is 14.5 Å². The van der Waals surface area contributed by atoms with Crippen LogP contribution in [0.5, 0.6) is 0 Å². The summed E-state index contributed by atoms with van der Waals surface area (Å²) >= 11 is 0. The van der Waals surface area contributed by atoms with Gasteiger partial charge in [-0.25, -0.2) is 8.78 Å². The van der Waals surface area contributed by atoms with E-state index in [1.807, 2.05) is 6.07 Å². The first kappa shape index (κ1) is 17.6. The third-order valence-electron chi connectivity index (χ3n) is 5.08. The SMILES string of the molecule is O=C1CCCN1c1cccc(C(=O)N(Cc2ccc(F)cc2F)C2CC2)c1. The van der Waals surface area contributed by atoms with Crippen LogP contribution >= 0.6 is 0 Å². The van der Waals surface area contributed by atoms with E-state index in [4.69, 9.17) is 0 Å². The van der Waals surface area contributed by atoms with Gasteiger partial charge < -0.3 is 9.80 Å². The normalized spacial score (nSPS) is 16.7. The second kappa shape index (κ2) is 7.10. The van der Waals surface area contributed by atoms with Crippen molar-refractivity contribution in [3.8, 4) is 0 Å². The number of hydrogen-bond donors (Lipinski definition) is 0. The lowest BCUT2D eigenvalue weighted by molar-refractivity contribution is -0.117. The molecule has 2 amide bonds. The van der Waals surface area contributed by atoms with Gasteiger partial charge in [0, 0.05) is 48.4 Å². The molecule has 2 aliphatic rings. The zero-order valence-electron chi connectivity index (χ0n) is 14.8. The zero-order chi connectivity index (χ0) is 19.0. The molecule has 2 aromatic carbocycles. The van der Waals surface area contributed by atoms with Crippen LogP contribution in [0, 0.1) is 11.6 Å². The molecule has 2 fully saturated rings. The standard InChI is InChI=1S/C21H20F2N2O2/c22-16-7-6-15(19(23)12-16)13-25(17-8-9-17)21(27)14-3-1-4-18(11-14)24-10-2-5-20(24)26/h1,3-4,6-7,11-12,17H,2,5,8-10,13H2. The summed E-state index contributed by atoms with van der Waals surface area (Å²) in [5.74, 6) is -1.42. The highest BCUT2D eigenvalue weighted by molar-refractivity contribution is 5.99. The van der Waals surface area contributed by atoms with Crippen molar-refractivity contribution in [2.45, 2.75) is 38.3 Å². The van der Waals surface area contributed by atoms with Gasteiger partial charge >= 0.3 is 0 Å². The molecular weight excluding hydrogens is 350 g/mol. The molecule has 2 aromatic rings. The monoisotopic (exact) mass is 370 g/mol. The number of anilines is 1. The van der Waals surface area contributed by atoms with E-state index in [1.54, 1.807) is 28.0 Å². The van der Waals surface area contributed by atoms with Gasteiger partial charge in [-0.05, 0) is 43.5 Å². The van der Waals surface area contributed by atoms with Crippen molar-refractivity contribution in [2.24, 2.45) is 0 Å². The maximum absolute atomic E-state index is 14.0. The Bertz CT molecular complexity index is 896. The van der Waals surface area contributed by atoms with E-state index >= 15 is 0 Å². The summed E-state index contributed by atoms with van der Waals surface area (Å²) in [6, 6.07) is 10.5. The quantitative estimate of drug-likeness (QED) is 0.801. The van der Waals surface area contributed by atoms with E-state index in [2.05, 4.69) is 0 Å². The Morgan fingerprint density at radius 2 is 1.96 bits per heavy atom. The van der Waals surface area contributed by atoms with E-state index in [0.717, 1.165) is 25.3 Å². The Balaban J connectivity index is 1.58. The van der Waals surface area contributed by atoms with E-state index in [-0.39, 0.29) is 24.4 Å². The molecule has 1 heterocycles. The van der Waals surface area contributed by atoms with Gasteiger partial charge in [0.15, 0.2) is 0 Å². The van der Waals surface area contributed by atoms with Gasteiger partial charge in [0.25, 0.3) is 5.91 Å². The van der Waals surface area contributed by atoms with Crippen LogP contribution in [0.15, 0.2) is 42.5 Å². The summed E-state index contributed by atoms with van der Waals surface area (Å²) in [5, 5.41) is 0. The number of amides is 2. The Labute approximate surface area is 156 Å². The zero-order valence-corrected chi connectivity index (χ0v) is 14.8. The third-order valence-corrected chi connectivity index (χ3v) is 5.08. The summed E-state index contributed by atoms with van der Waals surface area (Å²) in [7, 11) is 0. The predicted molar refractivity (Wildman–Crippen MR) is 97.3 cm³/mol. The summed E-state index contributed by atoms with van der Waals surface area (Å²) < 4.78 is 27.2. The Morgan fingerprint density at radius 1 is 1.15 bits per heavy atom. The lowest BCUT2D eigenvalue weighted by Crippen LogP contribution is -2.33. The first-order valence-corrected chi connectivity index (χ1v) is 9.18. The Morgan fingerprint density at radius 3 is 2.63 bits per heavy atom. The van der Waals surface area contributed by atoms with Gasteiger partial charge in [0.1, 0.15) is 11.6 Å². The fourth-order valence-corrected chi connectivity index (χ4v) is 3.48. The third kappa shape index (κ3) is 3.70. The molecule has 0 bridgehead atoms. The summed E-state index contributed by atoms with van der Waals surface area (Å²) in [4.78, 5) is 28.4. The van der Waals surface area contributed by atoms with Crippen molar-refractivity contribution in [3.05, 3.63) is 65.2 Å². The lowest BCUT2D eigenvalue weighted by Gasteiger charge is -2.24. The van der Waals surface area contributed by atoms with Gasteiger partial charge in [0.2, 0.25) is 5.91 Å². The second-order valence-electron chi connectivity index (χ2n) is 7.10. The first-order valence-electron chi connectivity index (χ1n) is 9.18. The lowest BCUT2D eigenvalue weighted by atomic mass is 10.1. The number of hydrogen-bond acceptors (Lipinski definition) is 2. The second-order valence-corrected chi connectivity index (χ2v) is 7.10. The van der Waals surface area contributed by atoms with E-state index < -0.39 is 11.6 Å². The molecule has 0 N–H and O–H groups in total. The van der Waals surface area contributed by atoms with Gasteiger partial charge in [-0.3, -0.25) is 9.59 Å². The Hall–Kier alpha value is -2.76. The average Bonchev–Trinajstić information content (AvgIpc) is 3.41. The molecule has 4 nitrogen and oxygen atoms in total. The molecule has 6 heteroatoms. The fourth-order valence-electron chi connectivity index (χ4n) is 3.48. The molecule has 140 valence electrons. The first-order chi connectivity index (χ1) is 13.0. The largest absolute Gasteiger partial charge is 0.331 e. The topological polar surface area (TPSA) is 40.6 Å². The molecule has 1 aliphatic heterocycles. The van der Waals surface area contributed by atoms with Crippen molar-refractivity contribution in [3.63, 3.8) is 0 Å². The molecule has 0 aromatic heterocycles. The molecule has 1 saturated carbocycles. The summed E-state index contributed by atoms with van der Waals surface area (Å²) in [6.07, 6.45) is 3.09. The molecule has 0 radical (unpaired) electrons. The van der Waals surface area contributed by atoms with Crippen molar-refractivity contribution in [1.82, 2.24) is 4.90 Å². The van der Waals surface area contributed by atoms with Gasteiger partial charge in [-0.1, -0.05) is 12.1 Å². The van der Waals surface area contributed by atoms with E-state index in [9.17, 15) is 18.4 Å². The highest BCUT2D eigenvalue weighted by atomic mass is 19.1. The molecule has 1 saturated heterocycles. The minimum Gasteiger partial charge on any atom is -0.331 e. The highest BCUT2D eigenvalue weighted by Crippen LogP contribution is 2.31. The predicted octanol–water partition coefficient (Wildman–Crippen LogP) is 3.90. The van der Waals surface area contributed by atoms with Crippen LogP contribution in [-0.2, 0) is 11.3 Å². The van der Waals surface area contributed by atoms with E-state index in [1.165, 1.54) is 12.1 Å². The van der Waals surface area contributed by atoms with E-state index in [0.29, 0.717) is 29.8 Å². The fraction of sp³-hybridized carbons (Fsp3) is 0.333. The molecule has 27 heavy (non-hydrogen) atoms. The minimum atomic E-state index is -0.648. The van der Waals surface area contributed by atoms with Crippen molar-refractivity contribution in [2.75, 3.05) is 11.4 Å². The number of halogens is 2. The minimum absolute atomic E-state index is 0.0621. The molecular formula is C21H20F2N2O2. The molecule has 0 spiro atoms. The molecule has 4 rings (SSSR count). The van der Waals surface area contributed by atoms with Gasteiger partial charge in [-0.15, -0.1) is 0 Å². The van der Waals surface area contributed by atoms with Crippen molar-refractivity contribution < 1.29 is 18.4 Å². The van der Waals surface area contributed by atoms with Gasteiger partial charge in [0.05, 0.1) is 0 Å². The molecule has 1 aliphatic carbocycles. The van der Waals surface area contributed by atoms with Crippen LogP contribution in [0.1, 0.15) is 41.6 Å². The smallest absolute Gasteiger partial charge is 0.254 e. The summed E-state index contributed by atoms with van der Waals surface area (Å²) in [6.45, 7) is 0.756. The van der Waals surface area contributed by atoms with Crippen LogP contribution in [0.25, 0.3) is 0 Å². The van der Waals surface area contributed by atoms with Crippen LogP contribution < -0.4 is 4.90 Å². The number of rotatable bonds is 5. The maximum Gasteiger partial charge on any atom is 0.254 e.